The third-order valence-corrected chi connectivity index (χ3v) is 6.15. The van der Waals surface area contributed by atoms with Crippen LogP contribution in [0.15, 0.2) is 42.5 Å². The first-order valence-corrected chi connectivity index (χ1v) is 11.6. The third-order valence-electron chi connectivity index (χ3n) is 6.15. The zero-order valence-electron chi connectivity index (χ0n) is 19.2. The Kier molecular flexibility index (Phi) is 7.56. The van der Waals surface area contributed by atoms with E-state index in [1.807, 2.05) is 24.3 Å². The molecule has 11 heteroatoms. The second kappa shape index (κ2) is 10.6. The van der Waals surface area contributed by atoms with Gasteiger partial charge in [-0.2, -0.15) is 13.2 Å². The first kappa shape index (κ1) is 25.6. The number of carbonyl (C=O) groups is 1. The van der Waals surface area contributed by atoms with Crippen LogP contribution >= 0.6 is 0 Å². The number of aromatic nitrogens is 2. The van der Waals surface area contributed by atoms with Crippen molar-refractivity contribution in [1.82, 2.24) is 9.97 Å². The monoisotopic (exact) mass is 508 g/mol. The number of halogens is 5. The van der Waals surface area contributed by atoms with Crippen LogP contribution in [0.25, 0.3) is 11.0 Å². The molecule has 2 heterocycles. The van der Waals surface area contributed by atoms with Crippen LogP contribution in [0.4, 0.5) is 33.6 Å². The van der Waals surface area contributed by atoms with Crippen molar-refractivity contribution in [2.75, 3.05) is 23.3 Å². The molecule has 2 fully saturated rings. The van der Waals surface area contributed by atoms with Crippen LogP contribution in [0.3, 0.4) is 0 Å². The van der Waals surface area contributed by atoms with Crippen LogP contribution in [-0.2, 0) is 11.2 Å². The first-order valence-electron chi connectivity index (χ1n) is 11.6. The molecular weight excluding hydrogens is 483 g/mol. The van der Waals surface area contributed by atoms with E-state index in [1.165, 1.54) is 18.9 Å². The summed E-state index contributed by atoms with van der Waals surface area (Å²) in [6.45, 7) is 1.72. The number of carboxylic acid groups (broad SMARTS) is 1. The van der Waals surface area contributed by atoms with Crippen molar-refractivity contribution in [2.24, 2.45) is 5.92 Å². The van der Waals surface area contributed by atoms with Crippen LogP contribution in [0.5, 0.6) is 0 Å². The van der Waals surface area contributed by atoms with E-state index in [0.29, 0.717) is 23.9 Å². The number of nitrogens with one attached hydrogen (secondary N) is 1. The van der Waals surface area contributed by atoms with E-state index < -0.39 is 23.8 Å². The van der Waals surface area contributed by atoms with Gasteiger partial charge in [0.1, 0.15) is 11.6 Å². The Morgan fingerprint density at radius 2 is 1.61 bits per heavy atom. The largest absolute Gasteiger partial charge is 0.490 e. The maximum absolute atomic E-state index is 14.0. The number of carboxylic acids is 1. The van der Waals surface area contributed by atoms with Gasteiger partial charge >= 0.3 is 12.1 Å². The molecule has 3 aromatic rings. The van der Waals surface area contributed by atoms with E-state index in [1.54, 1.807) is 6.07 Å². The Bertz CT molecular complexity index is 1220. The second-order valence-electron chi connectivity index (χ2n) is 8.98. The average molecular weight is 508 g/mol. The molecule has 0 bridgehead atoms. The summed E-state index contributed by atoms with van der Waals surface area (Å²) >= 11 is 0. The molecule has 0 atom stereocenters. The maximum atomic E-state index is 14.0. The minimum absolute atomic E-state index is 0.388. The van der Waals surface area contributed by atoms with Crippen LogP contribution < -0.4 is 10.2 Å². The summed E-state index contributed by atoms with van der Waals surface area (Å²) in [6, 6.07) is 12.4. The number of anilines is 2. The highest BCUT2D eigenvalue weighted by molar-refractivity contribution is 5.80. The third kappa shape index (κ3) is 6.58. The second-order valence-corrected chi connectivity index (χ2v) is 8.98. The van der Waals surface area contributed by atoms with E-state index in [4.69, 9.17) is 19.9 Å². The van der Waals surface area contributed by atoms with Crippen LogP contribution in [0, 0.1) is 17.6 Å². The fourth-order valence-corrected chi connectivity index (χ4v) is 4.08. The van der Waals surface area contributed by atoms with Gasteiger partial charge in [-0.05, 0) is 61.8 Å². The molecule has 1 saturated carbocycles. The number of benzene rings is 2. The quantitative estimate of drug-likeness (QED) is 0.439. The maximum Gasteiger partial charge on any atom is 0.490 e. The predicted molar refractivity (Wildman–Crippen MR) is 125 cm³/mol. The SMILES string of the molecule is Fc1ccc(CC2CCN(c3nc4ccccc4nc3NC3CC3)CC2)c(F)c1.O=C(O)C(F)(F)F. The van der Waals surface area contributed by atoms with Gasteiger partial charge in [-0.15, -0.1) is 0 Å². The molecule has 6 nitrogen and oxygen atoms in total. The van der Waals surface area contributed by atoms with Crippen molar-refractivity contribution in [2.45, 2.75) is 44.3 Å². The lowest BCUT2D eigenvalue weighted by atomic mass is 9.90. The number of alkyl halides is 3. The van der Waals surface area contributed by atoms with Crippen molar-refractivity contribution >= 4 is 28.6 Å². The van der Waals surface area contributed by atoms with Gasteiger partial charge in [0, 0.05) is 25.2 Å². The van der Waals surface area contributed by atoms with Crippen LogP contribution in [0.2, 0.25) is 0 Å². The van der Waals surface area contributed by atoms with Gasteiger partial charge in [0.05, 0.1) is 11.0 Å². The van der Waals surface area contributed by atoms with Gasteiger partial charge in [0.2, 0.25) is 0 Å². The number of para-hydroxylation sites is 2. The van der Waals surface area contributed by atoms with Gasteiger partial charge in [0.15, 0.2) is 11.6 Å². The highest BCUT2D eigenvalue weighted by Gasteiger charge is 2.38. The van der Waals surface area contributed by atoms with Crippen molar-refractivity contribution in [3.05, 3.63) is 59.7 Å². The Morgan fingerprint density at radius 3 is 2.17 bits per heavy atom. The average Bonchev–Trinajstić information content (AvgIpc) is 3.65. The fourth-order valence-electron chi connectivity index (χ4n) is 4.08. The molecule has 2 aliphatic rings. The molecule has 1 aliphatic heterocycles. The highest BCUT2D eigenvalue weighted by atomic mass is 19.4. The standard InChI is InChI=1S/C23H24F2N4.C2HF3O2/c24-17-6-5-16(19(25)14-17)13-15-9-11-29(12-10-15)23-22(26-18-7-8-18)27-20-3-1-2-4-21(20)28-23;3-2(4,5)1(6)7/h1-6,14-15,18H,7-13H2,(H,26,27);(H,6,7). The van der Waals surface area contributed by atoms with Gasteiger partial charge in [-0.1, -0.05) is 18.2 Å². The lowest BCUT2D eigenvalue weighted by molar-refractivity contribution is -0.192. The molecule has 2 aromatic carbocycles. The Hall–Kier alpha value is -3.50. The molecule has 0 amide bonds. The van der Waals surface area contributed by atoms with Gasteiger partial charge in [0.25, 0.3) is 0 Å². The van der Waals surface area contributed by atoms with Crippen LogP contribution in [0.1, 0.15) is 31.2 Å². The Morgan fingerprint density at radius 1 is 1.00 bits per heavy atom. The van der Waals surface area contributed by atoms with Crippen molar-refractivity contribution in [3.63, 3.8) is 0 Å². The van der Waals surface area contributed by atoms with Gasteiger partial charge in [-0.25, -0.2) is 23.5 Å². The molecule has 0 unspecified atom stereocenters. The van der Waals surface area contributed by atoms with E-state index in [9.17, 15) is 22.0 Å². The lowest BCUT2D eigenvalue weighted by Gasteiger charge is -2.33. The summed E-state index contributed by atoms with van der Waals surface area (Å²) in [7, 11) is 0. The van der Waals surface area contributed by atoms with Crippen molar-refractivity contribution < 1.29 is 31.9 Å². The Balaban J connectivity index is 0.000000384. The molecule has 5 rings (SSSR count). The minimum atomic E-state index is -5.08. The summed E-state index contributed by atoms with van der Waals surface area (Å²) in [6.07, 6.45) is -0.169. The Labute approximate surface area is 204 Å². The summed E-state index contributed by atoms with van der Waals surface area (Å²) in [4.78, 5) is 20.9. The normalized spacial score (nSPS) is 16.4. The molecule has 0 spiro atoms. The smallest absolute Gasteiger partial charge is 0.475 e. The number of hydrogen-bond acceptors (Lipinski definition) is 5. The molecular formula is C25H25F5N4O2. The zero-order chi connectivity index (χ0) is 25.9. The van der Waals surface area contributed by atoms with Gasteiger partial charge in [-0.3, -0.25) is 0 Å². The highest BCUT2D eigenvalue weighted by Crippen LogP contribution is 2.33. The number of aliphatic carboxylic acids is 1. The molecule has 36 heavy (non-hydrogen) atoms. The first-order chi connectivity index (χ1) is 17.1. The molecule has 1 aromatic heterocycles. The molecule has 2 N–H and O–H groups in total. The number of fused-ring (bicyclic) bond motifs is 1. The number of rotatable bonds is 5. The number of nitrogens with zero attached hydrogens (tertiary/aromatic N) is 3. The summed E-state index contributed by atoms with van der Waals surface area (Å²) < 4.78 is 58.9. The van der Waals surface area contributed by atoms with E-state index >= 15 is 0 Å². The van der Waals surface area contributed by atoms with Gasteiger partial charge < -0.3 is 15.3 Å². The van der Waals surface area contributed by atoms with Crippen molar-refractivity contribution in [3.8, 4) is 0 Å². The van der Waals surface area contributed by atoms with Crippen molar-refractivity contribution in [1.29, 1.82) is 0 Å². The van der Waals surface area contributed by atoms with E-state index in [-0.39, 0.29) is 0 Å². The minimum Gasteiger partial charge on any atom is -0.475 e. The predicted octanol–water partition coefficient (Wildman–Crippen LogP) is 5.57. The summed E-state index contributed by atoms with van der Waals surface area (Å²) in [5.41, 5.74) is 2.41. The summed E-state index contributed by atoms with van der Waals surface area (Å²) in [5.74, 6) is -1.54. The number of hydrogen-bond donors (Lipinski definition) is 2. The van der Waals surface area contributed by atoms with E-state index in [2.05, 4.69) is 10.2 Å². The number of piperidine rings is 1. The molecule has 1 aliphatic carbocycles. The summed E-state index contributed by atoms with van der Waals surface area (Å²) in [5, 5.41) is 10.7. The molecule has 0 radical (unpaired) electrons. The lowest BCUT2D eigenvalue weighted by Crippen LogP contribution is -2.35. The molecule has 192 valence electrons. The topological polar surface area (TPSA) is 78.4 Å². The van der Waals surface area contributed by atoms with Crippen LogP contribution in [-0.4, -0.2) is 46.4 Å². The zero-order valence-corrected chi connectivity index (χ0v) is 19.2. The fraction of sp³-hybridized carbons (Fsp3) is 0.400. The van der Waals surface area contributed by atoms with E-state index in [0.717, 1.165) is 54.7 Å². The molecule has 1 saturated heterocycles.